The third-order valence-electron chi connectivity index (χ3n) is 6.48. The zero-order valence-electron chi connectivity index (χ0n) is 18.3. The minimum Gasteiger partial charge on any atom is -0.504 e. The van der Waals surface area contributed by atoms with Crippen molar-refractivity contribution in [3.05, 3.63) is 53.1 Å². The Balaban J connectivity index is 1.72. The summed E-state index contributed by atoms with van der Waals surface area (Å²) in [4.78, 5) is 0. The zero-order chi connectivity index (χ0) is 24.7. The van der Waals surface area contributed by atoms with Gasteiger partial charge in [0.25, 0.3) is 0 Å². The van der Waals surface area contributed by atoms with Gasteiger partial charge in [-0.15, -0.1) is 0 Å². The van der Waals surface area contributed by atoms with E-state index < -0.39 is 49.3 Å². The van der Waals surface area contributed by atoms with Gasteiger partial charge in [-0.1, -0.05) is 19.1 Å². The number of aliphatic hydroxyl groups excluding tert-OH is 4. The van der Waals surface area contributed by atoms with E-state index in [1.807, 2.05) is 6.92 Å². The van der Waals surface area contributed by atoms with E-state index in [1.165, 1.54) is 24.3 Å². The summed E-state index contributed by atoms with van der Waals surface area (Å²) in [5, 5.41) is 80.0. The van der Waals surface area contributed by atoms with Crippen LogP contribution in [-0.4, -0.2) is 84.3 Å². The first-order valence-electron chi connectivity index (χ1n) is 10.9. The SMILES string of the molecule is CC1c2cc(O)c(O)cc2C(c2ccc(O)c(O)c2)=CCC1OC1OC(CO)C(O)C(O)C1O. The molecule has 7 unspecified atom stereocenters. The number of benzene rings is 2. The van der Waals surface area contributed by atoms with Crippen LogP contribution in [0.5, 0.6) is 23.0 Å². The molecule has 0 aromatic heterocycles. The molecule has 10 nitrogen and oxygen atoms in total. The molecule has 1 fully saturated rings. The average Bonchev–Trinajstić information content (AvgIpc) is 2.93. The third kappa shape index (κ3) is 4.31. The van der Waals surface area contributed by atoms with Gasteiger partial charge in [0.2, 0.25) is 0 Å². The lowest BCUT2D eigenvalue weighted by molar-refractivity contribution is -0.312. The smallest absolute Gasteiger partial charge is 0.187 e. The summed E-state index contributed by atoms with van der Waals surface area (Å²) < 4.78 is 11.5. The molecule has 2 aliphatic rings. The number of phenolic OH excluding ortho intramolecular Hbond substituents is 4. The van der Waals surface area contributed by atoms with Crippen molar-refractivity contribution in [3.63, 3.8) is 0 Å². The molecule has 0 amide bonds. The number of ether oxygens (including phenoxy) is 2. The van der Waals surface area contributed by atoms with Gasteiger partial charge in [-0.2, -0.15) is 0 Å². The predicted molar refractivity (Wildman–Crippen MR) is 118 cm³/mol. The molecule has 34 heavy (non-hydrogen) atoms. The molecule has 7 atom stereocenters. The second kappa shape index (κ2) is 9.41. The Morgan fingerprint density at radius 3 is 2.24 bits per heavy atom. The van der Waals surface area contributed by atoms with Gasteiger partial charge in [-0.25, -0.2) is 0 Å². The highest BCUT2D eigenvalue weighted by Crippen LogP contribution is 2.44. The first kappa shape index (κ1) is 24.3. The number of fused-ring (bicyclic) bond motifs is 1. The van der Waals surface area contributed by atoms with E-state index in [0.717, 1.165) is 0 Å². The predicted octanol–water partition coefficient (Wildman–Crippen LogP) is 0.633. The van der Waals surface area contributed by atoms with Gasteiger partial charge in [0.1, 0.15) is 24.4 Å². The zero-order valence-corrected chi connectivity index (χ0v) is 18.3. The third-order valence-corrected chi connectivity index (χ3v) is 6.48. The Kier molecular flexibility index (Phi) is 6.72. The van der Waals surface area contributed by atoms with Crippen LogP contribution < -0.4 is 0 Å². The maximum absolute atomic E-state index is 10.4. The summed E-state index contributed by atoms with van der Waals surface area (Å²) in [6.45, 7) is 1.23. The molecule has 1 heterocycles. The van der Waals surface area contributed by atoms with Crippen molar-refractivity contribution < 1.29 is 50.3 Å². The fourth-order valence-electron chi connectivity index (χ4n) is 4.44. The lowest BCUT2D eigenvalue weighted by Crippen LogP contribution is -2.59. The average molecular weight is 476 g/mol. The van der Waals surface area contributed by atoms with Crippen LogP contribution in [0.15, 0.2) is 36.4 Å². The Hall–Kier alpha value is -2.86. The highest BCUT2D eigenvalue weighted by molar-refractivity contribution is 5.84. The second-order valence-corrected chi connectivity index (χ2v) is 8.65. The maximum Gasteiger partial charge on any atom is 0.187 e. The molecule has 1 aliphatic heterocycles. The fourth-order valence-corrected chi connectivity index (χ4v) is 4.44. The van der Waals surface area contributed by atoms with E-state index in [2.05, 4.69) is 0 Å². The van der Waals surface area contributed by atoms with Crippen LogP contribution in [0.1, 0.15) is 36.0 Å². The molecule has 8 N–H and O–H groups in total. The van der Waals surface area contributed by atoms with Crippen molar-refractivity contribution >= 4 is 5.57 Å². The van der Waals surface area contributed by atoms with E-state index in [9.17, 15) is 40.9 Å². The first-order chi connectivity index (χ1) is 16.1. The summed E-state index contributed by atoms with van der Waals surface area (Å²) in [6, 6.07) is 7.10. The highest BCUT2D eigenvalue weighted by Gasteiger charge is 2.45. The molecule has 2 aromatic rings. The number of rotatable bonds is 4. The molecule has 2 aromatic carbocycles. The van der Waals surface area contributed by atoms with Crippen molar-refractivity contribution in [1.82, 2.24) is 0 Å². The fraction of sp³-hybridized carbons (Fsp3) is 0.417. The van der Waals surface area contributed by atoms with E-state index in [4.69, 9.17) is 9.47 Å². The molecule has 4 rings (SSSR count). The first-order valence-corrected chi connectivity index (χ1v) is 10.9. The minimum atomic E-state index is -1.59. The maximum atomic E-state index is 10.4. The molecule has 1 aliphatic carbocycles. The molecule has 0 spiro atoms. The van der Waals surface area contributed by atoms with Crippen molar-refractivity contribution in [2.45, 2.75) is 56.1 Å². The summed E-state index contributed by atoms with van der Waals surface area (Å²) in [5.74, 6) is -1.70. The summed E-state index contributed by atoms with van der Waals surface area (Å²) in [5.41, 5.74) is 2.31. The van der Waals surface area contributed by atoms with Crippen LogP contribution in [0, 0.1) is 0 Å². The van der Waals surface area contributed by atoms with Gasteiger partial charge in [0.05, 0.1) is 12.7 Å². The van der Waals surface area contributed by atoms with Gasteiger partial charge in [-0.3, -0.25) is 0 Å². The van der Waals surface area contributed by atoms with Crippen LogP contribution in [0.2, 0.25) is 0 Å². The number of aliphatic hydroxyl groups is 4. The van der Waals surface area contributed by atoms with E-state index in [1.54, 1.807) is 12.1 Å². The standard InChI is InChI=1S/C24H28O10/c1-10-13-7-17(28)18(29)8-14(13)12(11-2-4-15(26)16(27)6-11)3-5-19(10)33-24-23(32)22(31)21(30)20(9-25)34-24/h2-4,6-8,10,19-32H,5,9H2,1H3. The number of hydrogen-bond donors (Lipinski definition) is 8. The van der Waals surface area contributed by atoms with Gasteiger partial charge in [0, 0.05) is 5.92 Å². The summed E-state index contributed by atoms with van der Waals surface area (Å²) >= 11 is 0. The Labute approximate surface area is 195 Å². The van der Waals surface area contributed by atoms with Crippen molar-refractivity contribution in [3.8, 4) is 23.0 Å². The molecular formula is C24H28O10. The number of phenols is 4. The Morgan fingerprint density at radius 2 is 1.56 bits per heavy atom. The van der Waals surface area contributed by atoms with Crippen molar-refractivity contribution in [1.29, 1.82) is 0 Å². The topological polar surface area (TPSA) is 180 Å². The Bertz CT molecular complexity index is 1080. The lowest BCUT2D eigenvalue weighted by atomic mass is 9.88. The molecule has 10 heteroatoms. The monoisotopic (exact) mass is 476 g/mol. The quantitative estimate of drug-likeness (QED) is 0.292. The van der Waals surface area contributed by atoms with E-state index in [-0.39, 0.29) is 29.4 Å². The van der Waals surface area contributed by atoms with Crippen molar-refractivity contribution in [2.75, 3.05) is 6.61 Å². The molecule has 184 valence electrons. The van der Waals surface area contributed by atoms with Crippen molar-refractivity contribution in [2.24, 2.45) is 0 Å². The van der Waals surface area contributed by atoms with E-state index in [0.29, 0.717) is 22.3 Å². The molecule has 0 radical (unpaired) electrons. The molecule has 0 bridgehead atoms. The van der Waals surface area contributed by atoms with Gasteiger partial charge < -0.3 is 50.3 Å². The molecule has 1 saturated heterocycles. The van der Waals surface area contributed by atoms with Gasteiger partial charge in [-0.05, 0) is 52.9 Å². The Morgan fingerprint density at radius 1 is 0.882 bits per heavy atom. The number of hydrogen-bond acceptors (Lipinski definition) is 10. The van der Waals surface area contributed by atoms with Crippen LogP contribution in [-0.2, 0) is 9.47 Å². The van der Waals surface area contributed by atoms with Crippen LogP contribution >= 0.6 is 0 Å². The van der Waals surface area contributed by atoms with Gasteiger partial charge in [0.15, 0.2) is 29.3 Å². The van der Waals surface area contributed by atoms with Crippen LogP contribution in [0.3, 0.4) is 0 Å². The van der Waals surface area contributed by atoms with Crippen LogP contribution in [0.4, 0.5) is 0 Å². The minimum absolute atomic E-state index is 0.267. The second-order valence-electron chi connectivity index (χ2n) is 8.65. The lowest BCUT2D eigenvalue weighted by Gasteiger charge is -2.41. The van der Waals surface area contributed by atoms with Crippen LogP contribution in [0.25, 0.3) is 5.57 Å². The van der Waals surface area contributed by atoms with E-state index >= 15 is 0 Å². The molecule has 0 saturated carbocycles. The normalized spacial score (nSPS) is 31.4. The molecular weight excluding hydrogens is 448 g/mol. The van der Waals surface area contributed by atoms with Gasteiger partial charge >= 0.3 is 0 Å². The largest absolute Gasteiger partial charge is 0.504 e. The highest BCUT2D eigenvalue weighted by atomic mass is 16.7. The summed E-state index contributed by atoms with van der Waals surface area (Å²) in [7, 11) is 0. The summed E-state index contributed by atoms with van der Waals surface area (Å²) in [6.07, 6.45) is -5.72. The number of aromatic hydroxyl groups is 4.